The standard InChI is InChI=1S/C18H25N3O/c19-10-3-11-20-16-8-12-21(13-9-16)14-17-7-6-15-4-1-2-5-18(15)22-17/h1-2,4-5,16-17,20H,3,6-9,11-14H2. The molecule has 0 saturated carbocycles. The van der Waals surface area contributed by atoms with Gasteiger partial charge in [-0.25, -0.2) is 0 Å². The number of para-hydroxylation sites is 1. The SMILES string of the molecule is N#CCCNC1CCN(CC2CCc3ccccc3O2)CC1. The van der Waals surface area contributed by atoms with E-state index in [0.29, 0.717) is 18.6 Å². The fourth-order valence-corrected chi connectivity index (χ4v) is 3.45. The number of hydrogen-bond acceptors (Lipinski definition) is 4. The third kappa shape index (κ3) is 4.00. The van der Waals surface area contributed by atoms with Crippen LogP contribution >= 0.6 is 0 Å². The highest BCUT2D eigenvalue weighted by atomic mass is 16.5. The molecule has 4 heteroatoms. The highest BCUT2D eigenvalue weighted by Crippen LogP contribution is 2.27. The van der Waals surface area contributed by atoms with Crippen LogP contribution in [0.3, 0.4) is 0 Å². The van der Waals surface area contributed by atoms with Crippen molar-refractivity contribution in [3.63, 3.8) is 0 Å². The molecule has 1 atom stereocenters. The van der Waals surface area contributed by atoms with Crippen molar-refractivity contribution >= 4 is 0 Å². The Morgan fingerprint density at radius 2 is 2.05 bits per heavy atom. The van der Waals surface area contributed by atoms with Crippen LogP contribution in [-0.4, -0.2) is 43.2 Å². The van der Waals surface area contributed by atoms with E-state index in [4.69, 9.17) is 10.00 Å². The van der Waals surface area contributed by atoms with E-state index >= 15 is 0 Å². The second-order valence-electron chi connectivity index (χ2n) is 6.32. The maximum atomic E-state index is 8.58. The van der Waals surface area contributed by atoms with Gasteiger partial charge in [-0.2, -0.15) is 5.26 Å². The summed E-state index contributed by atoms with van der Waals surface area (Å²) < 4.78 is 6.15. The summed E-state index contributed by atoms with van der Waals surface area (Å²) in [5, 5.41) is 12.1. The molecule has 118 valence electrons. The van der Waals surface area contributed by atoms with Gasteiger partial charge in [0.15, 0.2) is 0 Å². The fourth-order valence-electron chi connectivity index (χ4n) is 3.45. The van der Waals surface area contributed by atoms with Crippen molar-refractivity contribution in [2.45, 2.75) is 44.2 Å². The fraction of sp³-hybridized carbons (Fsp3) is 0.611. The van der Waals surface area contributed by atoms with Crippen molar-refractivity contribution in [1.29, 1.82) is 5.26 Å². The zero-order valence-corrected chi connectivity index (χ0v) is 13.1. The van der Waals surface area contributed by atoms with Crippen molar-refractivity contribution in [3.05, 3.63) is 29.8 Å². The van der Waals surface area contributed by atoms with Crippen LogP contribution in [0.4, 0.5) is 0 Å². The molecule has 1 aromatic carbocycles. The highest BCUT2D eigenvalue weighted by molar-refractivity contribution is 5.35. The number of rotatable bonds is 5. The Kier molecular flexibility index (Phi) is 5.31. The van der Waals surface area contributed by atoms with E-state index in [1.807, 2.05) is 0 Å². The summed E-state index contributed by atoms with van der Waals surface area (Å²) in [7, 11) is 0. The molecule has 0 aromatic heterocycles. The van der Waals surface area contributed by atoms with Gasteiger partial charge in [-0.1, -0.05) is 18.2 Å². The van der Waals surface area contributed by atoms with Gasteiger partial charge in [0.05, 0.1) is 6.07 Å². The van der Waals surface area contributed by atoms with Crippen LogP contribution in [0.5, 0.6) is 5.75 Å². The average Bonchev–Trinajstić information content (AvgIpc) is 2.57. The van der Waals surface area contributed by atoms with E-state index in [1.165, 1.54) is 18.4 Å². The number of fused-ring (bicyclic) bond motifs is 1. The second-order valence-corrected chi connectivity index (χ2v) is 6.32. The van der Waals surface area contributed by atoms with Crippen molar-refractivity contribution < 1.29 is 4.74 Å². The summed E-state index contributed by atoms with van der Waals surface area (Å²) in [6.07, 6.45) is 5.54. The summed E-state index contributed by atoms with van der Waals surface area (Å²) >= 11 is 0. The first-order chi connectivity index (χ1) is 10.8. The number of nitriles is 1. The minimum Gasteiger partial charge on any atom is -0.489 e. The predicted molar refractivity (Wildman–Crippen MR) is 86.9 cm³/mol. The van der Waals surface area contributed by atoms with Crippen LogP contribution in [0.2, 0.25) is 0 Å². The number of nitrogens with zero attached hydrogens (tertiary/aromatic N) is 2. The Morgan fingerprint density at radius 1 is 1.23 bits per heavy atom. The number of likely N-dealkylation sites (tertiary alicyclic amines) is 1. The normalized spacial score (nSPS) is 22.6. The Hall–Kier alpha value is -1.57. The molecule has 1 unspecified atom stereocenters. The number of benzene rings is 1. The van der Waals surface area contributed by atoms with Crippen LogP contribution in [0, 0.1) is 11.3 Å². The smallest absolute Gasteiger partial charge is 0.122 e. The molecule has 0 bridgehead atoms. The molecule has 4 nitrogen and oxygen atoms in total. The van der Waals surface area contributed by atoms with Crippen molar-refractivity contribution in [2.75, 3.05) is 26.2 Å². The lowest BCUT2D eigenvalue weighted by atomic mass is 10.0. The molecular weight excluding hydrogens is 274 g/mol. The third-order valence-electron chi connectivity index (χ3n) is 4.72. The molecule has 1 aromatic rings. The summed E-state index contributed by atoms with van der Waals surface area (Å²) in [4.78, 5) is 2.53. The molecule has 1 saturated heterocycles. The monoisotopic (exact) mass is 299 g/mol. The van der Waals surface area contributed by atoms with Crippen molar-refractivity contribution in [1.82, 2.24) is 10.2 Å². The lowest BCUT2D eigenvalue weighted by Crippen LogP contribution is -2.46. The molecule has 0 amide bonds. The van der Waals surface area contributed by atoms with Crippen LogP contribution < -0.4 is 10.1 Å². The first kappa shape index (κ1) is 15.3. The van der Waals surface area contributed by atoms with Crippen molar-refractivity contribution in [3.8, 4) is 11.8 Å². The van der Waals surface area contributed by atoms with Crippen LogP contribution in [0.15, 0.2) is 24.3 Å². The van der Waals surface area contributed by atoms with Gasteiger partial charge in [0.2, 0.25) is 0 Å². The summed E-state index contributed by atoms with van der Waals surface area (Å²) in [6.45, 7) is 4.13. The van der Waals surface area contributed by atoms with Crippen LogP contribution in [-0.2, 0) is 6.42 Å². The number of nitrogens with one attached hydrogen (secondary N) is 1. The van der Waals surface area contributed by atoms with E-state index in [9.17, 15) is 0 Å². The number of hydrogen-bond donors (Lipinski definition) is 1. The maximum absolute atomic E-state index is 8.58. The van der Waals surface area contributed by atoms with Crippen molar-refractivity contribution in [2.24, 2.45) is 0 Å². The van der Waals surface area contributed by atoms with Gasteiger partial charge >= 0.3 is 0 Å². The van der Waals surface area contributed by atoms with E-state index in [-0.39, 0.29) is 0 Å². The molecule has 2 aliphatic rings. The summed E-state index contributed by atoms with van der Waals surface area (Å²) in [5.74, 6) is 1.08. The molecule has 22 heavy (non-hydrogen) atoms. The summed E-state index contributed by atoms with van der Waals surface area (Å²) in [5.41, 5.74) is 1.35. The topological polar surface area (TPSA) is 48.3 Å². The van der Waals surface area contributed by atoms with Gasteiger partial charge in [-0.3, -0.25) is 4.90 Å². The Labute approximate surface area is 133 Å². The zero-order valence-electron chi connectivity index (χ0n) is 13.1. The molecule has 1 fully saturated rings. The van der Waals surface area contributed by atoms with Gasteiger partial charge in [-0.15, -0.1) is 0 Å². The minimum atomic E-state index is 0.331. The molecule has 3 rings (SSSR count). The maximum Gasteiger partial charge on any atom is 0.122 e. The molecule has 0 radical (unpaired) electrons. The first-order valence-corrected chi connectivity index (χ1v) is 8.42. The number of ether oxygens (including phenoxy) is 1. The predicted octanol–water partition coefficient (Wildman–Crippen LogP) is 2.35. The molecule has 2 aliphatic heterocycles. The van der Waals surface area contributed by atoms with E-state index in [2.05, 4.69) is 40.6 Å². The number of aryl methyl sites for hydroxylation is 1. The van der Waals surface area contributed by atoms with Gasteiger partial charge in [0.1, 0.15) is 11.9 Å². The lowest BCUT2D eigenvalue weighted by molar-refractivity contribution is 0.0961. The van der Waals surface area contributed by atoms with Gasteiger partial charge < -0.3 is 10.1 Å². The molecular formula is C18H25N3O. The first-order valence-electron chi connectivity index (χ1n) is 8.42. The van der Waals surface area contributed by atoms with Gasteiger partial charge in [0.25, 0.3) is 0 Å². The highest BCUT2D eigenvalue weighted by Gasteiger charge is 2.24. The second kappa shape index (κ2) is 7.62. The Balaban J connectivity index is 1.41. The Morgan fingerprint density at radius 3 is 2.86 bits per heavy atom. The molecule has 1 N–H and O–H groups in total. The third-order valence-corrected chi connectivity index (χ3v) is 4.72. The van der Waals surface area contributed by atoms with E-state index < -0.39 is 0 Å². The van der Waals surface area contributed by atoms with E-state index in [1.54, 1.807) is 0 Å². The zero-order chi connectivity index (χ0) is 15.2. The minimum absolute atomic E-state index is 0.331. The largest absolute Gasteiger partial charge is 0.489 e. The molecule has 0 aliphatic carbocycles. The van der Waals surface area contributed by atoms with Gasteiger partial charge in [0, 0.05) is 25.6 Å². The lowest BCUT2D eigenvalue weighted by Gasteiger charge is -2.36. The molecule has 2 heterocycles. The summed E-state index contributed by atoms with van der Waals surface area (Å²) in [6, 6.07) is 11.2. The van der Waals surface area contributed by atoms with Crippen LogP contribution in [0.25, 0.3) is 0 Å². The van der Waals surface area contributed by atoms with Gasteiger partial charge in [-0.05, 0) is 50.4 Å². The van der Waals surface area contributed by atoms with E-state index in [0.717, 1.165) is 44.8 Å². The van der Waals surface area contributed by atoms with Crippen LogP contribution in [0.1, 0.15) is 31.2 Å². The molecule has 0 spiro atoms. The quantitative estimate of drug-likeness (QED) is 0.848. The average molecular weight is 299 g/mol. The Bertz CT molecular complexity index is 517. The number of piperidine rings is 1.